The number of hydrogen-bond acceptors (Lipinski definition) is 2. The molecule has 1 unspecified atom stereocenters. The van der Waals surface area contributed by atoms with Gasteiger partial charge in [-0.2, -0.15) is 0 Å². The summed E-state index contributed by atoms with van der Waals surface area (Å²) in [5, 5.41) is 3.33. The molecule has 1 fully saturated rings. The summed E-state index contributed by atoms with van der Waals surface area (Å²) in [7, 11) is 0. The standard InChI is InChI=1S/C18H28N4/c1-2-22-11-10-14(13-22)12-20-18(19)21-17-9-5-7-15-6-3-4-8-16(15)17/h5,7,9,14H,2-4,6,8,10-13H2,1H3,(H3,19,20,21). The Morgan fingerprint density at radius 3 is 3.05 bits per heavy atom. The highest BCUT2D eigenvalue weighted by atomic mass is 15.1. The first-order chi connectivity index (χ1) is 10.8. The highest BCUT2D eigenvalue weighted by molar-refractivity contribution is 5.93. The van der Waals surface area contributed by atoms with Crippen LogP contribution in [-0.4, -0.2) is 37.0 Å². The Kier molecular flexibility index (Phi) is 4.98. The smallest absolute Gasteiger partial charge is 0.193 e. The predicted molar refractivity (Wildman–Crippen MR) is 93.4 cm³/mol. The van der Waals surface area contributed by atoms with Crippen molar-refractivity contribution in [1.29, 1.82) is 0 Å². The van der Waals surface area contributed by atoms with E-state index < -0.39 is 0 Å². The number of guanidine groups is 1. The Morgan fingerprint density at radius 2 is 2.23 bits per heavy atom. The van der Waals surface area contributed by atoms with Gasteiger partial charge in [0.05, 0.1) is 0 Å². The summed E-state index contributed by atoms with van der Waals surface area (Å²) < 4.78 is 0. The van der Waals surface area contributed by atoms with Crippen LogP contribution >= 0.6 is 0 Å². The molecule has 3 N–H and O–H groups in total. The third kappa shape index (κ3) is 3.61. The molecule has 4 nitrogen and oxygen atoms in total. The number of aryl methyl sites for hydroxylation is 1. The fraction of sp³-hybridized carbons (Fsp3) is 0.611. The van der Waals surface area contributed by atoms with E-state index in [1.165, 1.54) is 43.4 Å². The first kappa shape index (κ1) is 15.3. The lowest BCUT2D eigenvalue weighted by Gasteiger charge is -2.20. The second kappa shape index (κ2) is 7.14. The summed E-state index contributed by atoms with van der Waals surface area (Å²) in [4.78, 5) is 7.06. The van der Waals surface area contributed by atoms with Gasteiger partial charge in [-0.3, -0.25) is 4.99 Å². The minimum absolute atomic E-state index is 0.564. The van der Waals surface area contributed by atoms with Gasteiger partial charge in [-0.15, -0.1) is 0 Å². The van der Waals surface area contributed by atoms with E-state index >= 15 is 0 Å². The molecule has 0 spiro atoms. The van der Waals surface area contributed by atoms with Crippen molar-refractivity contribution in [2.45, 2.75) is 39.0 Å². The molecule has 4 heteroatoms. The van der Waals surface area contributed by atoms with Crippen LogP contribution in [-0.2, 0) is 12.8 Å². The first-order valence-electron chi connectivity index (χ1n) is 8.66. The molecule has 1 aromatic carbocycles. The van der Waals surface area contributed by atoms with Crippen molar-refractivity contribution in [3.63, 3.8) is 0 Å². The van der Waals surface area contributed by atoms with Gasteiger partial charge >= 0.3 is 0 Å². The lowest BCUT2D eigenvalue weighted by atomic mass is 9.90. The SMILES string of the molecule is CCN1CCC(CN=C(N)Nc2cccc3c2CCCC3)C1. The summed E-state index contributed by atoms with van der Waals surface area (Å²) in [6, 6.07) is 6.49. The lowest BCUT2D eigenvalue weighted by molar-refractivity contribution is 0.344. The summed E-state index contributed by atoms with van der Waals surface area (Å²) >= 11 is 0. The van der Waals surface area contributed by atoms with E-state index in [4.69, 9.17) is 5.73 Å². The van der Waals surface area contributed by atoms with Gasteiger partial charge in [0, 0.05) is 18.8 Å². The van der Waals surface area contributed by atoms with Gasteiger partial charge in [-0.05, 0) is 68.3 Å². The highest BCUT2D eigenvalue weighted by Gasteiger charge is 2.20. The molecule has 3 rings (SSSR count). The zero-order valence-corrected chi connectivity index (χ0v) is 13.6. The maximum Gasteiger partial charge on any atom is 0.193 e. The second-order valence-corrected chi connectivity index (χ2v) is 6.55. The van der Waals surface area contributed by atoms with Crippen LogP contribution < -0.4 is 11.1 Å². The molecule has 1 saturated heterocycles. The number of rotatable bonds is 4. The van der Waals surface area contributed by atoms with E-state index in [1.807, 2.05) is 0 Å². The number of benzene rings is 1. The zero-order chi connectivity index (χ0) is 15.4. The average Bonchev–Trinajstić information content (AvgIpc) is 3.01. The first-order valence-corrected chi connectivity index (χ1v) is 8.66. The molecule has 0 aromatic heterocycles. The van der Waals surface area contributed by atoms with Crippen molar-refractivity contribution < 1.29 is 0 Å². The number of nitrogens with one attached hydrogen (secondary N) is 1. The molecule has 2 aliphatic rings. The number of nitrogens with two attached hydrogens (primary N) is 1. The molecule has 0 saturated carbocycles. The van der Waals surface area contributed by atoms with Crippen molar-refractivity contribution >= 4 is 11.6 Å². The van der Waals surface area contributed by atoms with Crippen LogP contribution in [0.3, 0.4) is 0 Å². The van der Waals surface area contributed by atoms with E-state index in [0.29, 0.717) is 11.9 Å². The fourth-order valence-corrected chi connectivity index (χ4v) is 3.65. The molecular formula is C18H28N4. The van der Waals surface area contributed by atoms with Gasteiger partial charge in [-0.1, -0.05) is 19.1 Å². The topological polar surface area (TPSA) is 53.6 Å². The largest absolute Gasteiger partial charge is 0.370 e. The molecule has 1 atom stereocenters. The summed E-state index contributed by atoms with van der Waals surface area (Å²) in [5.41, 5.74) is 10.2. The number of nitrogens with zero attached hydrogens (tertiary/aromatic N) is 2. The summed E-state index contributed by atoms with van der Waals surface area (Å²) in [6.45, 7) is 6.57. The number of aliphatic imine (C=N–C) groups is 1. The van der Waals surface area contributed by atoms with E-state index in [2.05, 4.69) is 40.3 Å². The molecule has 1 aromatic rings. The predicted octanol–water partition coefficient (Wildman–Crippen LogP) is 2.63. The molecule has 1 aliphatic heterocycles. The molecular weight excluding hydrogens is 272 g/mol. The molecule has 0 bridgehead atoms. The maximum absolute atomic E-state index is 6.11. The van der Waals surface area contributed by atoms with E-state index in [0.717, 1.165) is 31.7 Å². The molecule has 120 valence electrons. The minimum atomic E-state index is 0.564. The molecule has 0 amide bonds. The van der Waals surface area contributed by atoms with Crippen molar-refractivity contribution in [1.82, 2.24) is 4.90 Å². The van der Waals surface area contributed by atoms with Crippen molar-refractivity contribution in [3.8, 4) is 0 Å². The van der Waals surface area contributed by atoms with Crippen molar-refractivity contribution in [3.05, 3.63) is 29.3 Å². The Morgan fingerprint density at radius 1 is 1.36 bits per heavy atom. The van der Waals surface area contributed by atoms with Crippen LogP contribution in [0.5, 0.6) is 0 Å². The third-order valence-electron chi connectivity index (χ3n) is 5.00. The van der Waals surface area contributed by atoms with Gasteiger partial charge in [0.2, 0.25) is 0 Å². The van der Waals surface area contributed by atoms with E-state index in [1.54, 1.807) is 0 Å². The van der Waals surface area contributed by atoms with Crippen LogP contribution in [0.15, 0.2) is 23.2 Å². The van der Waals surface area contributed by atoms with E-state index in [9.17, 15) is 0 Å². The summed E-state index contributed by atoms with van der Waals surface area (Å²) in [5.74, 6) is 1.22. The van der Waals surface area contributed by atoms with Crippen molar-refractivity contribution in [2.24, 2.45) is 16.6 Å². The van der Waals surface area contributed by atoms with Crippen LogP contribution in [0, 0.1) is 5.92 Å². The monoisotopic (exact) mass is 300 g/mol. The van der Waals surface area contributed by atoms with E-state index in [-0.39, 0.29) is 0 Å². The molecule has 22 heavy (non-hydrogen) atoms. The zero-order valence-electron chi connectivity index (χ0n) is 13.6. The van der Waals surface area contributed by atoms with Gasteiger partial charge in [-0.25, -0.2) is 0 Å². The summed E-state index contributed by atoms with van der Waals surface area (Å²) in [6.07, 6.45) is 6.16. The number of anilines is 1. The molecule has 1 aliphatic carbocycles. The van der Waals surface area contributed by atoms with Crippen LogP contribution in [0.25, 0.3) is 0 Å². The Hall–Kier alpha value is -1.55. The van der Waals surface area contributed by atoms with Gasteiger partial charge < -0.3 is 16.0 Å². The average molecular weight is 300 g/mol. The van der Waals surface area contributed by atoms with Gasteiger partial charge in [0.25, 0.3) is 0 Å². The van der Waals surface area contributed by atoms with Crippen molar-refractivity contribution in [2.75, 3.05) is 31.5 Å². The third-order valence-corrected chi connectivity index (χ3v) is 5.00. The lowest BCUT2D eigenvalue weighted by Crippen LogP contribution is -2.26. The minimum Gasteiger partial charge on any atom is -0.370 e. The molecule has 0 radical (unpaired) electrons. The highest BCUT2D eigenvalue weighted by Crippen LogP contribution is 2.27. The Balaban J connectivity index is 1.60. The van der Waals surface area contributed by atoms with Gasteiger partial charge in [0.1, 0.15) is 0 Å². The second-order valence-electron chi connectivity index (χ2n) is 6.55. The molecule has 1 heterocycles. The fourth-order valence-electron chi connectivity index (χ4n) is 3.65. The Bertz CT molecular complexity index is 538. The van der Waals surface area contributed by atoms with Crippen LogP contribution in [0.4, 0.5) is 5.69 Å². The van der Waals surface area contributed by atoms with Crippen LogP contribution in [0.2, 0.25) is 0 Å². The number of likely N-dealkylation sites (tertiary alicyclic amines) is 1. The quantitative estimate of drug-likeness (QED) is 0.664. The normalized spacial score (nSPS) is 22.6. The number of fused-ring (bicyclic) bond motifs is 1. The van der Waals surface area contributed by atoms with Gasteiger partial charge in [0.15, 0.2) is 5.96 Å². The Labute approximate surface area is 133 Å². The van der Waals surface area contributed by atoms with Crippen LogP contribution in [0.1, 0.15) is 37.3 Å². The number of hydrogen-bond donors (Lipinski definition) is 2. The maximum atomic E-state index is 6.11.